The topological polar surface area (TPSA) is 53.5 Å². The fourth-order valence-electron chi connectivity index (χ4n) is 3.91. The van der Waals surface area contributed by atoms with Gasteiger partial charge in [-0.25, -0.2) is 0 Å². The number of hydrogen-bond donors (Lipinski definition) is 0. The summed E-state index contributed by atoms with van der Waals surface area (Å²) in [5.74, 6) is 0.672. The number of piperidine rings is 2. The van der Waals surface area contributed by atoms with Gasteiger partial charge in [-0.1, -0.05) is 13.8 Å². The molecule has 25 heavy (non-hydrogen) atoms. The smallest absolute Gasteiger partial charge is 0.272 e. The fraction of sp³-hybridized carbons (Fsp3) is 0.650. The minimum atomic E-state index is -0.0338. The van der Waals surface area contributed by atoms with Crippen LogP contribution in [0.4, 0.5) is 0 Å². The van der Waals surface area contributed by atoms with Crippen LogP contribution in [0.2, 0.25) is 0 Å². The molecule has 0 aliphatic carbocycles. The van der Waals surface area contributed by atoms with Gasteiger partial charge in [-0.15, -0.1) is 0 Å². The fourth-order valence-corrected chi connectivity index (χ4v) is 3.91. The molecule has 0 bridgehead atoms. The van der Waals surface area contributed by atoms with E-state index in [1.54, 1.807) is 18.3 Å². The lowest BCUT2D eigenvalue weighted by atomic mass is 9.98. The standard InChI is InChI=1S/C20H29N3O2/c1-3-17-6-4-5-11-23(17)20(25)18-14-16(7-10-21-18)19(24)22-12-8-15(2)9-13-22/h7,10,14-15,17H,3-6,8-9,11-13H2,1-2H3. The van der Waals surface area contributed by atoms with Gasteiger partial charge in [0.25, 0.3) is 11.8 Å². The summed E-state index contributed by atoms with van der Waals surface area (Å²) in [6.45, 7) is 6.75. The number of carbonyl (C=O) groups is 2. The van der Waals surface area contributed by atoms with E-state index < -0.39 is 0 Å². The van der Waals surface area contributed by atoms with Crippen LogP contribution < -0.4 is 0 Å². The van der Waals surface area contributed by atoms with Gasteiger partial charge in [-0.2, -0.15) is 0 Å². The van der Waals surface area contributed by atoms with Crippen LogP contribution in [0.15, 0.2) is 18.3 Å². The van der Waals surface area contributed by atoms with Crippen LogP contribution in [0.5, 0.6) is 0 Å². The Labute approximate surface area is 150 Å². The Hall–Kier alpha value is -1.91. The zero-order valence-electron chi connectivity index (χ0n) is 15.4. The maximum Gasteiger partial charge on any atom is 0.272 e. The van der Waals surface area contributed by atoms with Gasteiger partial charge in [0.05, 0.1) is 0 Å². The van der Waals surface area contributed by atoms with Crippen LogP contribution in [-0.4, -0.2) is 52.3 Å². The van der Waals surface area contributed by atoms with Crippen molar-refractivity contribution < 1.29 is 9.59 Å². The lowest BCUT2D eigenvalue weighted by Gasteiger charge is -2.35. The molecule has 0 aromatic carbocycles. The quantitative estimate of drug-likeness (QED) is 0.845. The van der Waals surface area contributed by atoms with Crippen LogP contribution >= 0.6 is 0 Å². The Morgan fingerprint density at radius 2 is 1.88 bits per heavy atom. The van der Waals surface area contributed by atoms with E-state index in [2.05, 4.69) is 18.8 Å². The summed E-state index contributed by atoms with van der Waals surface area (Å²) in [5, 5.41) is 0. The van der Waals surface area contributed by atoms with Crippen molar-refractivity contribution in [2.75, 3.05) is 19.6 Å². The van der Waals surface area contributed by atoms with Crippen molar-refractivity contribution in [2.45, 2.75) is 58.4 Å². The average Bonchev–Trinajstić information content (AvgIpc) is 2.67. The van der Waals surface area contributed by atoms with E-state index in [0.717, 1.165) is 51.7 Å². The molecule has 5 nitrogen and oxygen atoms in total. The van der Waals surface area contributed by atoms with E-state index in [1.165, 1.54) is 6.42 Å². The monoisotopic (exact) mass is 343 g/mol. The van der Waals surface area contributed by atoms with Crippen LogP contribution in [0.25, 0.3) is 0 Å². The summed E-state index contributed by atoms with van der Waals surface area (Å²) in [5.41, 5.74) is 0.981. The van der Waals surface area contributed by atoms with Crippen molar-refractivity contribution in [3.63, 3.8) is 0 Å². The highest BCUT2D eigenvalue weighted by Crippen LogP contribution is 2.22. The molecule has 2 amide bonds. The Balaban J connectivity index is 1.74. The zero-order chi connectivity index (χ0) is 17.8. The molecular weight excluding hydrogens is 314 g/mol. The molecule has 5 heteroatoms. The van der Waals surface area contributed by atoms with E-state index in [4.69, 9.17) is 0 Å². The van der Waals surface area contributed by atoms with Crippen LogP contribution in [-0.2, 0) is 0 Å². The maximum absolute atomic E-state index is 12.9. The first-order chi connectivity index (χ1) is 12.1. The molecule has 2 aliphatic rings. The van der Waals surface area contributed by atoms with E-state index >= 15 is 0 Å². The Kier molecular flexibility index (Phi) is 5.71. The van der Waals surface area contributed by atoms with Gasteiger partial charge in [0.2, 0.25) is 0 Å². The molecule has 2 aliphatic heterocycles. The first-order valence-corrected chi connectivity index (χ1v) is 9.66. The molecule has 1 unspecified atom stereocenters. The van der Waals surface area contributed by atoms with E-state index in [0.29, 0.717) is 23.2 Å². The number of rotatable bonds is 3. The number of hydrogen-bond acceptors (Lipinski definition) is 3. The van der Waals surface area contributed by atoms with Crippen LogP contribution in [0, 0.1) is 5.92 Å². The molecule has 2 saturated heterocycles. The van der Waals surface area contributed by atoms with Crippen molar-refractivity contribution >= 4 is 11.8 Å². The molecule has 136 valence electrons. The Bertz CT molecular complexity index is 623. The van der Waals surface area contributed by atoms with Crippen molar-refractivity contribution in [3.05, 3.63) is 29.6 Å². The van der Waals surface area contributed by atoms with Crippen LogP contribution in [0.1, 0.15) is 73.2 Å². The molecule has 0 saturated carbocycles. The van der Waals surface area contributed by atoms with Gasteiger partial charge in [-0.3, -0.25) is 14.6 Å². The van der Waals surface area contributed by atoms with Gasteiger partial charge < -0.3 is 9.80 Å². The number of nitrogens with zero attached hydrogens (tertiary/aromatic N) is 3. The third kappa shape index (κ3) is 4.02. The number of pyridine rings is 1. The molecule has 3 heterocycles. The predicted octanol–water partition coefficient (Wildman–Crippen LogP) is 3.36. The summed E-state index contributed by atoms with van der Waals surface area (Å²) in [4.78, 5) is 33.8. The second-order valence-corrected chi connectivity index (χ2v) is 7.46. The number of carbonyl (C=O) groups excluding carboxylic acids is 2. The molecular formula is C20H29N3O2. The molecule has 1 aromatic heterocycles. The molecule has 1 atom stereocenters. The normalized spacial score (nSPS) is 22.1. The van der Waals surface area contributed by atoms with Crippen LogP contribution in [0.3, 0.4) is 0 Å². The lowest BCUT2D eigenvalue weighted by Crippen LogP contribution is -2.43. The largest absolute Gasteiger partial charge is 0.339 e. The van der Waals surface area contributed by atoms with Gasteiger partial charge in [0, 0.05) is 37.4 Å². The molecule has 1 aromatic rings. The van der Waals surface area contributed by atoms with Crippen molar-refractivity contribution in [1.82, 2.24) is 14.8 Å². The molecule has 0 N–H and O–H groups in total. The number of aromatic nitrogens is 1. The van der Waals surface area contributed by atoms with Crippen molar-refractivity contribution in [1.29, 1.82) is 0 Å². The first-order valence-electron chi connectivity index (χ1n) is 9.66. The summed E-state index contributed by atoms with van der Waals surface area (Å²) in [7, 11) is 0. The first kappa shape index (κ1) is 17.9. The van der Waals surface area contributed by atoms with E-state index in [9.17, 15) is 9.59 Å². The highest BCUT2D eigenvalue weighted by Gasteiger charge is 2.28. The van der Waals surface area contributed by atoms with Gasteiger partial charge in [0.15, 0.2) is 0 Å². The minimum Gasteiger partial charge on any atom is -0.339 e. The average molecular weight is 343 g/mol. The minimum absolute atomic E-state index is 0.0223. The summed E-state index contributed by atoms with van der Waals surface area (Å²) in [6.07, 6.45) is 7.96. The maximum atomic E-state index is 12.9. The lowest BCUT2D eigenvalue weighted by molar-refractivity contribution is 0.0602. The zero-order valence-corrected chi connectivity index (χ0v) is 15.4. The predicted molar refractivity (Wildman–Crippen MR) is 97.5 cm³/mol. The van der Waals surface area contributed by atoms with Crippen molar-refractivity contribution in [2.24, 2.45) is 5.92 Å². The summed E-state index contributed by atoms with van der Waals surface area (Å²) in [6, 6.07) is 3.71. The summed E-state index contributed by atoms with van der Waals surface area (Å²) < 4.78 is 0. The summed E-state index contributed by atoms with van der Waals surface area (Å²) >= 11 is 0. The third-order valence-corrected chi connectivity index (χ3v) is 5.66. The highest BCUT2D eigenvalue weighted by molar-refractivity contribution is 5.98. The second kappa shape index (κ2) is 7.98. The Morgan fingerprint density at radius 3 is 2.60 bits per heavy atom. The molecule has 2 fully saturated rings. The number of likely N-dealkylation sites (tertiary alicyclic amines) is 2. The van der Waals surface area contributed by atoms with Gasteiger partial charge in [0.1, 0.15) is 5.69 Å². The molecule has 3 rings (SSSR count). The third-order valence-electron chi connectivity index (χ3n) is 5.66. The van der Waals surface area contributed by atoms with Crippen molar-refractivity contribution in [3.8, 4) is 0 Å². The SMILES string of the molecule is CCC1CCCCN1C(=O)c1cc(C(=O)N2CCC(C)CC2)ccn1. The van der Waals surface area contributed by atoms with Gasteiger partial charge in [-0.05, 0) is 56.6 Å². The number of amides is 2. The Morgan fingerprint density at radius 1 is 1.12 bits per heavy atom. The van der Waals surface area contributed by atoms with Gasteiger partial charge >= 0.3 is 0 Å². The second-order valence-electron chi connectivity index (χ2n) is 7.46. The highest BCUT2D eigenvalue weighted by atomic mass is 16.2. The molecule has 0 radical (unpaired) electrons. The molecule has 0 spiro atoms. The van der Waals surface area contributed by atoms with E-state index in [1.807, 2.05) is 9.80 Å². The van der Waals surface area contributed by atoms with E-state index in [-0.39, 0.29) is 11.8 Å².